The molecular weight excluding hydrogens is 174 g/mol. The van der Waals surface area contributed by atoms with Crippen LogP contribution in [0.4, 0.5) is 0 Å². The molecule has 0 saturated heterocycles. The van der Waals surface area contributed by atoms with Crippen molar-refractivity contribution in [2.45, 2.75) is 25.9 Å². The second-order valence-electron chi connectivity index (χ2n) is 3.95. The van der Waals surface area contributed by atoms with Crippen molar-refractivity contribution in [3.8, 4) is 0 Å². The average Bonchev–Trinajstić information content (AvgIpc) is 2.19. The van der Waals surface area contributed by atoms with E-state index < -0.39 is 0 Å². The molecule has 0 aliphatic rings. The number of nitrogens with two attached hydrogens (primary N) is 1. The van der Waals surface area contributed by atoms with E-state index in [4.69, 9.17) is 10.5 Å². The molecule has 1 rings (SSSR count). The number of methoxy groups -OCH3 is 1. The lowest BCUT2D eigenvalue weighted by Crippen LogP contribution is -2.19. The molecule has 0 bridgehead atoms. The highest BCUT2D eigenvalue weighted by Gasteiger charge is 2.18. The minimum atomic E-state index is -0.207. The molecule has 2 heteroatoms. The Labute approximate surface area is 86.1 Å². The summed E-state index contributed by atoms with van der Waals surface area (Å²) >= 11 is 0. The SMILES string of the molecule is COC(C)(C)c1ccc(CCN)cc1. The first-order chi connectivity index (χ1) is 6.60. The molecule has 0 amide bonds. The van der Waals surface area contributed by atoms with E-state index in [2.05, 4.69) is 38.1 Å². The Morgan fingerprint density at radius 2 is 1.79 bits per heavy atom. The Hall–Kier alpha value is -0.860. The highest BCUT2D eigenvalue weighted by molar-refractivity contribution is 5.26. The van der Waals surface area contributed by atoms with Crippen molar-refractivity contribution in [2.24, 2.45) is 5.73 Å². The van der Waals surface area contributed by atoms with Crippen LogP contribution in [0.1, 0.15) is 25.0 Å². The van der Waals surface area contributed by atoms with Crippen LogP contribution < -0.4 is 5.73 Å². The molecule has 0 spiro atoms. The Morgan fingerprint density at radius 3 is 2.21 bits per heavy atom. The van der Waals surface area contributed by atoms with Gasteiger partial charge in [0.25, 0.3) is 0 Å². The lowest BCUT2D eigenvalue weighted by molar-refractivity contribution is 0.0192. The van der Waals surface area contributed by atoms with Crippen LogP contribution in [0.25, 0.3) is 0 Å². The maximum absolute atomic E-state index is 5.49. The van der Waals surface area contributed by atoms with Crippen LogP contribution in [0.5, 0.6) is 0 Å². The summed E-state index contributed by atoms with van der Waals surface area (Å²) in [5.74, 6) is 0. The average molecular weight is 193 g/mol. The van der Waals surface area contributed by atoms with Gasteiger partial charge in [0.2, 0.25) is 0 Å². The molecule has 0 atom stereocenters. The summed E-state index contributed by atoms with van der Waals surface area (Å²) in [4.78, 5) is 0. The summed E-state index contributed by atoms with van der Waals surface area (Å²) in [5.41, 5.74) is 7.75. The van der Waals surface area contributed by atoms with Crippen LogP contribution in [-0.4, -0.2) is 13.7 Å². The van der Waals surface area contributed by atoms with Gasteiger partial charge in [-0.05, 0) is 37.9 Å². The number of hydrogen-bond acceptors (Lipinski definition) is 2. The van der Waals surface area contributed by atoms with E-state index in [0.717, 1.165) is 6.42 Å². The third kappa shape index (κ3) is 2.56. The third-order valence-electron chi connectivity index (χ3n) is 2.59. The summed E-state index contributed by atoms with van der Waals surface area (Å²) in [6.45, 7) is 4.82. The molecular formula is C12H19NO. The van der Waals surface area contributed by atoms with E-state index >= 15 is 0 Å². The molecule has 0 aliphatic carbocycles. The van der Waals surface area contributed by atoms with Crippen LogP contribution in [0.15, 0.2) is 24.3 Å². The van der Waals surface area contributed by atoms with Crippen molar-refractivity contribution in [1.82, 2.24) is 0 Å². The van der Waals surface area contributed by atoms with Crippen molar-refractivity contribution in [2.75, 3.05) is 13.7 Å². The maximum atomic E-state index is 5.49. The summed E-state index contributed by atoms with van der Waals surface area (Å²) in [7, 11) is 1.73. The van der Waals surface area contributed by atoms with Crippen LogP contribution in [0, 0.1) is 0 Å². The molecule has 78 valence electrons. The zero-order valence-corrected chi connectivity index (χ0v) is 9.21. The van der Waals surface area contributed by atoms with E-state index in [-0.39, 0.29) is 5.60 Å². The summed E-state index contributed by atoms with van der Waals surface area (Å²) in [6.07, 6.45) is 0.938. The van der Waals surface area contributed by atoms with Gasteiger partial charge >= 0.3 is 0 Å². The fraction of sp³-hybridized carbons (Fsp3) is 0.500. The maximum Gasteiger partial charge on any atom is 0.0871 e. The molecule has 1 aromatic rings. The molecule has 0 unspecified atom stereocenters. The number of hydrogen-bond donors (Lipinski definition) is 1. The van der Waals surface area contributed by atoms with Crippen molar-refractivity contribution in [3.05, 3.63) is 35.4 Å². The molecule has 14 heavy (non-hydrogen) atoms. The van der Waals surface area contributed by atoms with Crippen molar-refractivity contribution >= 4 is 0 Å². The minimum Gasteiger partial charge on any atom is -0.374 e. The summed E-state index contributed by atoms with van der Waals surface area (Å²) in [6, 6.07) is 8.44. The lowest BCUT2D eigenvalue weighted by atomic mass is 9.96. The summed E-state index contributed by atoms with van der Waals surface area (Å²) < 4.78 is 5.40. The zero-order valence-electron chi connectivity index (χ0n) is 9.21. The minimum absolute atomic E-state index is 0.207. The van der Waals surface area contributed by atoms with Gasteiger partial charge < -0.3 is 10.5 Å². The summed E-state index contributed by atoms with van der Waals surface area (Å²) in [5, 5.41) is 0. The number of benzene rings is 1. The monoisotopic (exact) mass is 193 g/mol. The van der Waals surface area contributed by atoms with Gasteiger partial charge in [0.15, 0.2) is 0 Å². The lowest BCUT2D eigenvalue weighted by Gasteiger charge is -2.23. The Bertz CT molecular complexity index is 277. The predicted molar refractivity (Wildman–Crippen MR) is 59.2 cm³/mol. The van der Waals surface area contributed by atoms with Crippen molar-refractivity contribution < 1.29 is 4.74 Å². The molecule has 0 saturated carbocycles. The quantitative estimate of drug-likeness (QED) is 0.794. The van der Waals surface area contributed by atoms with Gasteiger partial charge in [0.05, 0.1) is 5.60 Å². The highest BCUT2D eigenvalue weighted by atomic mass is 16.5. The van der Waals surface area contributed by atoms with Gasteiger partial charge in [-0.25, -0.2) is 0 Å². The van der Waals surface area contributed by atoms with Crippen LogP contribution in [-0.2, 0) is 16.8 Å². The Kier molecular flexibility index (Phi) is 3.67. The first-order valence-electron chi connectivity index (χ1n) is 4.95. The number of rotatable bonds is 4. The molecule has 0 aromatic heterocycles. The van der Waals surface area contributed by atoms with Crippen LogP contribution in [0.2, 0.25) is 0 Å². The molecule has 0 heterocycles. The van der Waals surface area contributed by atoms with E-state index in [1.165, 1.54) is 11.1 Å². The predicted octanol–water partition coefficient (Wildman–Crippen LogP) is 2.07. The first-order valence-corrected chi connectivity index (χ1v) is 4.95. The zero-order chi connectivity index (χ0) is 10.6. The van der Waals surface area contributed by atoms with Crippen LogP contribution >= 0.6 is 0 Å². The van der Waals surface area contributed by atoms with Gasteiger partial charge in [-0.15, -0.1) is 0 Å². The van der Waals surface area contributed by atoms with Gasteiger partial charge in [0, 0.05) is 7.11 Å². The first kappa shape index (κ1) is 11.2. The topological polar surface area (TPSA) is 35.2 Å². The Morgan fingerprint density at radius 1 is 1.21 bits per heavy atom. The Balaban J connectivity index is 2.82. The second kappa shape index (κ2) is 4.58. The fourth-order valence-corrected chi connectivity index (χ4v) is 1.36. The van der Waals surface area contributed by atoms with Crippen molar-refractivity contribution in [3.63, 3.8) is 0 Å². The van der Waals surface area contributed by atoms with Gasteiger partial charge in [-0.3, -0.25) is 0 Å². The smallest absolute Gasteiger partial charge is 0.0871 e. The normalized spacial score (nSPS) is 11.7. The van der Waals surface area contributed by atoms with E-state index in [1.54, 1.807) is 7.11 Å². The van der Waals surface area contributed by atoms with E-state index in [9.17, 15) is 0 Å². The largest absolute Gasteiger partial charge is 0.374 e. The van der Waals surface area contributed by atoms with Crippen LogP contribution in [0.3, 0.4) is 0 Å². The second-order valence-corrected chi connectivity index (χ2v) is 3.95. The highest BCUT2D eigenvalue weighted by Crippen LogP contribution is 2.23. The fourth-order valence-electron chi connectivity index (χ4n) is 1.36. The molecule has 2 nitrogen and oxygen atoms in total. The third-order valence-corrected chi connectivity index (χ3v) is 2.59. The number of ether oxygens (including phenoxy) is 1. The van der Waals surface area contributed by atoms with Gasteiger partial charge in [0.1, 0.15) is 0 Å². The molecule has 0 radical (unpaired) electrons. The van der Waals surface area contributed by atoms with Gasteiger partial charge in [-0.2, -0.15) is 0 Å². The molecule has 0 aliphatic heterocycles. The van der Waals surface area contributed by atoms with E-state index in [0.29, 0.717) is 6.54 Å². The standard InChI is InChI=1S/C12H19NO/c1-12(2,14-3)11-6-4-10(5-7-11)8-9-13/h4-7H,8-9,13H2,1-3H3. The molecule has 2 N–H and O–H groups in total. The van der Waals surface area contributed by atoms with Gasteiger partial charge in [-0.1, -0.05) is 24.3 Å². The van der Waals surface area contributed by atoms with E-state index in [1.807, 2.05) is 0 Å². The molecule has 0 fully saturated rings. The molecule has 1 aromatic carbocycles. The van der Waals surface area contributed by atoms with Crippen molar-refractivity contribution in [1.29, 1.82) is 0 Å².